The zero-order valence-electron chi connectivity index (χ0n) is 16.4. The number of fused-ring (bicyclic) bond motifs is 1. The van der Waals surface area contributed by atoms with Crippen molar-refractivity contribution in [1.82, 2.24) is 29.8 Å². The first-order valence-electron chi connectivity index (χ1n) is 10.00. The summed E-state index contributed by atoms with van der Waals surface area (Å²) in [5.74, 6) is 1.33. The number of nitrogens with one attached hydrogen (secondary N) is 1. The van der Waals surface area contributed by atoms with E-state index in [4.69, 9.17) is 4.74 Å². The number of rotatable bonds is 5. The molecule has 0 aromatic carbocycles. The van der Waals surface area contributed by atoms with E-state index >= 15 is 0 Å². The van der Waals surface area contributed by atoms with E-state index in [0.29, 0.717) is 17.0 Å². The van der Waals surface area contributed by atoms with Crippen molar-refractivity contribution in [3.63, 3.8) is 0 Å². The molecule has 31 heavy (non-hydrogen) atoms. The lowest BCUT2D eigenvalue weighted by molar-refractivity contribution is -0.0511. The molecule has 2 fully saturated rings. The molecule has 2 aliphatic heterocycles. The molecule has 5 rings (SSSR count). The predicted octanol–water partition coefficient (Wildman–Crippen LogP) is 0.0953. The van der Waals surface area contributed by atoms with Gasteiger partial charge in [0.15, 0.2) is 23.2 Å². The fourth-order valence-electron chi connectivity index (χ4n) is 4.15. The minimum Gasteiger partial charge on any atom is -0.394 e. The molecule has 5 heterocycles. The summed E-state index contributed by atoms with van der Waals surface area (Å²) in [4.78, 5) is 20.0. The summed E-state index contributed by atoms with van der Waals surface area (Å²) in [6.45, 7) is 1.26. The second-order valence-corrected chi connectivity index (χ2v) is 8.52. The minimum atomic E-state index is -1.23. The highest BCUT2D eigenvalue weighted by molar-refractivity contribution is 9.10. The van der Waals surface area contributed by atoms with Gasteiger partial charge in [0.25, 0.3) is 0 Å². The highest BCUT2D eigenvalue weighted by Gasteiger charge is 2.44. The van der Waals surface area contributed by atoms with Crippen LogP contribution in [-0.2, 0) is 4.74 Å². The Labute approximate surface area is 185 Å². The van der Waals surface area contributed by atoms with Crippen LogP contribution >= 0.6 is 15.9 Å². The summed E-state index contributed by atoms with van der Waals surface area (Å²) in [6.07, 6.45) is 1.35. The van der Waals surface area contributed by atoms with E-state index in [1.807, 2.05) is 17.0 Å². The van der Waals surface area contributed by atoms with Gasteiger partial charge >= 0.3 is 0 Å². The zero-order chi connectivity index (χ0) is 21.5. The van der Waals surface area contributed by atoms with Crippen molar-refractivity contribution in [2.45, 2.75) is 37.0 Å². The molecule has 164 valence electrons. The number of ether oxygens (including phenoxy) is 1. The van der Waals surface area contributed by atoms with Gasteiger partial charge in [0.1, 0.15) is 30.5 Å². The molecule has 12 heteroatoms. The van der Waals surface area contributed by atoms with Gasteiger partial charge in [-0.3, -0.25) is 4.57 Å². The Morgan fingerprint density at radius 3 is 2.74 bits per heavy atom. The van der Waals surface area contributed by atoms with Crippen LogP contribution in [0.5, 0.6) is 0 Å². The van der Waals surface area contributed by atoms with Crippen molar-refractivity contribution in [2.24, 2.45) is 0 Å². The van der Waals surface area contributed by atoms with Crippen LogP contribution in [0, 0.1) is 0 Å². The quantitative estimate of drug-likeness (QED) is 0.387. The normalized spacial score (nSPS) is 28.5. The Kier molecular flexibility index (Phi) is 5.58. The molecular weight excluding hydrogens is 470 g/mol. The van der Waals surface area contributed by atoms with Crippen LogP contribution in [0.15, 0.2) is 35.5 Å². The number of nitrogens with zero attached hydrogens (tertiary/aromatic N) is 6. The number of halogens is 1. The van der Waals surface area contributed by atoms with E-state index in [2.05, 4.69) is 41.2 Å². The molecule has 0 spiro atoms. The molecule has 2 aliphatic rings. The summed E-state index contributed by atoms with van der Waals surface area (Å²) in [5.41, 5.74) is 0.977. The van der Waals surface area contributed by atoms with Crippen molar-refractivity contribution < 1.29 is 20.1 Å². The average Bonchev–Trinajstić information content (AvgIpc) is 3.51. The van der Waals surface area contributed by atoms with Gasteiger partial charge in [0, 0.05) is 17.2 Å². The lowest BCUT2D eigenvalue weighted by Crippen LogP contribution is -2.34. The summed E-state index contributed by atoms with van der Waals surface area (Å²) < 4.78 is 8.09. The smallest absolute Gasteiger partial charge is 0.167 e. The van der Waals surface area contributed by atoms with Crippen LogP contribution in [0.2, 0.25) is 0 Å². The molecule has 3 aromatic rings. The number of anilines is 2. The van der Waals surface area contributed by atoms with Gasteiger partial charge in [0.05, 0.1) is 19.0 Å². The van der Waals surface area contributed by atoms with Crippen molar-refractivity contribution in [3.05, 3.63) is 35.5 Å². The van der Waals surface area contributed by atoms with Gasteiger partial charge in [0.2, 0.25) is 0 Å². The van der Waals surface area contributed by atoms with E-state index < -0.39 is 31.1 Å². The van der Waals surface area contributed by atoms with Gasteiger partial charge < -0.3 is 30.3 Å². The van der Waals surface area contributed by atoms with Gasteiger partial charge in [-0.1, -0.05) is 0 Å². The number of hydrogen-bond acceptors (Lipinski definition) is 10. The van der Waals surface area contributed by atoms with Crippen LogP contribution < -0.4 is 10.2 Å². The third kappa shape index (κ3) is 3.58. The van der Waals surface area contributed by atoms with E-state index in [-0.39, 0.29) is 6.04 Å². The SMILES string of the molecule is OCC1OC(n2cnc3c(N(c4ccc(Br)cn4)[C@H]4CCNC4)ncnc32)C(O)C1O. The largest absolute Gasteiger partial charge is 0.394 e. The first-order valence-corrected chi connectivity index (χ1v) is 10.8. The van der Waals surface area contributed by atoms with Crippen molar-refractivity contribution in [2.75, 3.05) is 24.6 Å². The molecule has 0 aliphatic carbocycles. The molecule has 4 unspecified atom stereocenters. The molecular formula is C19H22BrN7O4. The summed E-state index contributed by atoms with van der Waals surface area (Å²) in [5, 5.41) is 33.3. The Balaban J connectivity index is 1.59. The lowest BCUT2D eigenvalue weighted by Gasteiger charge is -2.28. The highest BCUT2D eigenvalue weighted by Crippen LogP contribution is 2.35. The van der Waals surface area contributed by atoms with E-state index in [9.17, 15) is 15.3 Å². The fourth-order valence-corrected chi connectivity index (χ4v) is 4.39. The molecule has 0 saturated carbocycles. The van der Waals surface area contributed by atoms with Crippen molar-refractivity contribution in [3.8, 4) is 0 Å². The number of aliphatic hydroxyl groups excluding tert-OH is 3. The standard InChI is InChI=1S/C19H22BrN7O4/c20-10-1-2-13(22-5-10)27(11-3-4-21-6-11)18-14-17(23-8-24-18)26(9-25-14)19-16(30)15(29)12(7-28)31-19/h1-2,5,8-9,11-12,15-16,19,21,28-30H,3-4,6-7H2/t11-,12?,15?,16?,19?/m0/s1. The molecule has 5 atom stereocenters. The topological polar surface area (TPSA) is 142 Å². The monoisotopic (exact) mass is 491 g/mol. The summed E-state index contributed by atoms with van der Waals surface area (Å²) in [7, 11) is 0. The maximum atomic E-state index is 10.4. The molecule has 11 nitrogen and oxygen atoms in total. The average molecular weight is 492 g/mol. The van der Waals surface area contributed by atoms with Gasteiger partial charge in [-0.15, -0.1) is 0 Å². The van der Waals surface area contributed by atoms with Crippen LogP contribution in [0.1, 0.15) is 12.6 Å². The van der Waals surface area contributed by atoms with Gasteiger partial charge in [-0.25, -0.2) is 19.9 Å². The third-order valence-electron chi connectivity index (χ3n) is 5.72. The first-order chi connectivity index (χ1) is 15.1. The van der Waals surface area contributed by atoms with Crippen LogP contribution in [-0.4, -0.2) is 83.9 Å². The van der Waals surface area contributed by atoms with E-state index in [0.717, 1.165) is 29.8 Å². The van der Waals surface area contributed by atoms with Gasteiger partial charge in [-0.05, 0) is 41.0 Å². The van der Waals surface area contributed by atoms with Crippen LogP contribution in [0.3, 0.4) is 0 Å². The number of aromatic nitrogens is 5. The molecule has 3 aromatic heterocycles. The molecule has 0 bridgehead atoms. The number of imidazole rings is 1. The van der Waals surface area contributed by atoms with Crippen molar-refractivity contribution in [1.29, 1.82) is 0 Å². The Morgan fingerprint density at radius 2 is 2.06 bits per heavy atom. The lowest BCUT2D eigenvalue weighted by atomic mass is 10.1. The zero-order valence-corrected chi connectivity index (χ0v) is 18.0. The third-order valence-corrected chi connectivity index (χ3v) is 6.19. The second-order valence-electron chi connectivity index (χ2n) is 7.60. The maximum absolute atomic E-state index is 10.4. The number of aliphatic hydroxyl groups is 3. The Bertz CT molecular complexity index is 1060. The van der Waals surface area contributed by atoms with Crippen molar-refractivity contribution >= 4 is 38.7 Å². The predicted molar refractivity (Wildman–Crippen MR) is 114 cm³/mol. The number of hydrogen-bond donors (Lipinski definition) is 4. The Morgan fingerprint density at radius 1 is 1.19 bits per heavy atom. The van der Waals surface area contributed by atoms with Crippen LogP contribution in [0.4, 0.5) is 11.6 Å². The van der Waals surface area contributed by atoms with Gasteiger partial charge in [-0.2, -0.15) is 0 Å². The van der Waals surface area contributed by atoms with Crippen LogP contribution in [0.25, 0.3) is 11.2 Å². The first kappa shape index (κ1) is 20.7. The minimum absolute atomic E-state index is 0.130. The molecule has 0 amide bonds. The highest BCUT2D eigenvalue weighted by atomic mass is 79.9. The van der Waals surface area contributed by atoms with E-state index in [1.165, 1.54) is 12.7 Å². The fraction of sp³-hybridized carbons (Fsp3) is 0.474. The summed E-state index contributed by atoms with van der Waals surface area (Å²) in [6, 6.07) is 3.97. The molecule has 4 N–H and O–H groups in total. The number of pyridine rings is 1. The summed E-state index contributed by atoms with van der Waals surface area (Å²) >= 11 is 3.43. The molecule has 2 saturated heterocycles. The Hall–Kier alpha value is -2.22. The second kappa shape index (κ2) is 8.37. The van der Waals surface area contributed by atoms with E-state index in [1.54, 1.807) is 10.8 Å². The maximum Gasteiger partial charge on any atom is 0.167 e. The molecule has 0 radical (unpaired) electrons.